The summed E-state index contributed by atoms with van der Waals surface area (Å²) >= 11 is 5.73. The molecule has 0 aromatic carbocycles. The maximum absolute atomic E-state index is 8.75. The van der Waals surface area contributed by atoms with Crippen molar-refractivity contribution in [1.29, 1.82) is 5.26 Å². The molecule has 0 N–H and O–H groups in total. The van der Waals surface area contributed by atoms with Crippen molar-refractivity contribution in [2.45, 2.75) is 0 Å². The molecule has 2 aromatic rings. The maximum Gasteiger partial charge on any atom is 0.170 e. The van der Waals surface area contributed by atoms with E-state index >= 15 is 0 Å². The molecular weight excluding hydrogens is 188 g/mol. The molecule has 2 aromatic heterocycles. The van der Waals surface area contributed by atoms with Crippen molar-refractivity contribution in [1.82, 2.24) is 14.5 Å². The van der Waals surface area contributed by atoms with Crippen LogP contribution in [0.25, 0.3) is 11.0 Å². The number of hydrogen-bond donors (Lipinski definition) is 0. The van der Waals surface area contributed by atoms with Gasteiger partial charge in [-0.1, -0.05) is 11.6 Å². The number of hydrogen-bond acceptors (Lipinski definition) is 3. The normalized spacial score (nSPS) is 10.2. The Hall–Kier alpha value is -1.60. The Morgan fingerprint density at radius 1 is 1.62 bits per heavy atom. The van der Waals surface area contributed by atoms with E-state index in [1.807, 2.05) is 13.1 Å². The van der Waals surface area contributed by atoms with Gasteiger partial charge in [-0.25, -0.2) is 9.97 Å². The lowest BCUT2D eigenvalue weighted by atomic mass is 10.3. The van der Waals surface area contributed by atoms with Crippen LogP contribution in [0, 0.1) is 11.3 Å². The van der Waals surface area contributed by atoms with Gasteiger partial charge in [-0.05, 0) is 0 Å². The van der Waals surface area contributed by atoms with Gasteiger partial charge in [0.2, 0.25) is 0 Å². The van der Waals surface area contributed by atoms with Crippen LogP contribution in [-0.4, -0.2) is 14.5 Å². The molecule has 0 spiro atoms. The molecule has 0 aliphatic rings. The van der Waals surface area contributed by atoms with Gasteiger partial charge in [0.25, 0.3) is 0 Å². The molecule has 0 aliphatic heterocycles. The highest BCUT2D eigenvalue weighted by Crippen LogP contribution is 2.18. The summed E-state index contributed by atoms with van der Waals surface area (Å²) < 4.78 is 1.80. The van der Waals surface area contributed by atoms with Gasteiger partial charge >= 0.3 is 0 Å². The van der Waals surface area contributed by atoms with Gasteiger partial charge in [-0.3, -0.25) is 0 Å². The quantitative estimate of drug-likeness (QED) is 0.595. The van der Waals surface area contributed by atoms with Gasteiger partial charge in [0.05, 0.1) is 11.8 Å². The number of rotatable bonds is 0. The average molecular weight is 193 g/mol. The highest BCUT2D eigenvalue weighted by atomic mass is 35.5. The number of pyridine rings is 1. The predicted octanol–water partition coefficient (Wildman–Crippen LogP) is 1.49. The van der Waals surface area contributed by atoms with E-state index in [0.29, 0.717) is 10.7 Å². The summed E-state index contributed by atoms with van der Waals surface area (Å²) in [6.07, 6.45) is 1.63. The molecule has 0 saturated heterocycles. The molecule has 0 saturated carbocycles. The fourth-order valence-electron chi connectivity index (χ4n) is 1.18. The first-order chi connectivity index (χ1) is 6.22. The van der Waals surface area contributed by atoms with E-state index in [4.69, 9.17) is 16.9 Å². The number of halogens is 1. The molecule has 13 heavy (non-hydrogen) atoms. The highest BCUT2D eigenvalue weighted by Gasteiger charge is 2.07. The molecule has 2 rings (SSSR count). The first kappa shape index (κ1) is 8.02. The van der Waals surface area contributed by atoms with Crippen molar-refractivity contribution in [2.24, 2.45) is 7.05 Å². The summed E-state index contributed by atoms with van der Waals surface area (Å²) in [5, 5.41) is 9.06. The molecule has 0 bridgehead atoms. The number of aromatic nitrogens is 3. The Kier molecular flexibility index (Phi) is 1.67. The Balaban J connectivity index is 2.94. The van der Waals surface area contributed by atoms with Crippen LogP contribution in [0.3, 0.4) is 0 Å². The Morgan fingerprint density at radius 2 is 2.38 bits per heavy atom. The van der Waals surface area contributed by atoms with Crippen LogP contribution >= 0.6 is 11.6 Å². The lowest BCUT2D eigenvalue weighted by Crippen LogP contribution is -1.88. The summed E-state index contributed by atoms with van der Waals surface area (Å²) in [5.41, 5.74) is 1.68. The van der Waals surface area contributed by atoms with E-state index in [2.05, 4.69) is 9.97 Å². The monoisotopic (exact) mass is 192 g/mol. The van der Waals surface area contributed by atoms with Crippen molar-refractivity contribution in [3.8, 4) is 6.07 Å². The van der Waals surface area contributed by atoms with E-state index in [1.165, 1.54) is 0 Å². The smallest absolute Gasteiger partial charge is 0.170 e. The summed E-state index contributed by atoms with van der Waals surface area (Å²) in [5.74, 6) is 0. The zero-order chi connectivity index (χ0) is 9.42. The van der Waals surface area contributed by atoms with E-state index in [0.717, 1.165) is 5.52 Å². The predicted molar refractivity (Wildman–Crippen MR) is 48.2 cm³/mol. The van der Waals surface area contributed by atoms with Gasteiger partial charge in [0.15, 0.2) is 5.69 Å². The Labute approximate surface area is 79.4 Å². The van der Waals surface area contributed by atoms with Gasteiger partial charge in [0.1, 0.15) is 16.7 Å². The van der Waals surface area contributed by atoms with Crippen molar-refractivity contribution in [3.05, 3.63) is 23.2 Å². The number of nitrogens with zero attached hydrogens (tertiary/aromatic N) is 4. The fraction of sp³-hybridized carbons (Fsp3) is 0.125. The third-order valence-electron chi connectivity index (χ3n) is 1.79. The average Bonchev–Trinajstić information content (AvgIpc) is 2.47. The van der Waals surface area contributed by atoms with Gasteiger partial charge < -0.3 is 4.57 Å². The van der Waals surface area contributed by atoms with Crippen LogP contribution < -0.4 is 0 Å². The molecule has 5 heteroatoms. The third kappa shape index (κ3) is 1.14. The minimum Gasteiger partial charge on any atom is -0.334 e. The van der Waals surface area contributed by atoms with Crippen LogP contribution in [-0.2, 0) is 7.05 Å². The van der Waals surface area contributed by atoms with Crippen LogP contribution in [0.5, 0.6) is 0 Å². The zero-order valence-corrected chi connectivity index (χ0v) is 7.58. The Morgan fingerprint density at radius 3 is 3.08 bits per heavy atom. The SMILES string of the molecule is Cn1cnc2c(C#N)nc(Cl)cc21. The number of imidazole rings is 1. The lowest BCUT2D eigenvalue weighted by molar-refractivity contribution is 0.947. The molecule has 64 valence electrons. The molecule has 0 amide bonds. The van der Waals surface area contributed by atoms with Crippen molar-refractivity contribution in [3.63, 3.8) is 0 Å². The van der Waals surface area contributed by atoms with Crippen molar-refractivity contribution < 1.29 is 0 Å². The third-order valence-corrected chi connectivity index (χ3v) is 1.98. The zero-order valence-electron chi connectivity index (χ0n) is 6.82. The molecule has 0 radical (unpaired) electrons. The lowest BCUT2D eigenvalue weighted by Gasteiger charge is -1.95. The van der Waals surface area contributed by atoms with E-state index < -0.39 is 0 Å². The molecule has 0 unspecified atom stereocenters. The van der Waals surface area contributed by atoms with E-state index in [-0.39, 0.29) is 5.69 Å². The second-order valence-corrected chi connectivity index (χ2v) is 3.02. The van der Waals surface area contributed by atoms with Crippen LogP contribution in [0.2, 0.25) is 5.15 Å². The number of nitriles is 1. The van der Waals surface area contributed by atoms with Gasteiger partial charge in [-0.2, -0.15) is 5.26 Å². The van der Waals surface area contributed by atoms with E-state index in [9.17, 15) is 0 Å². The molecule has 4 nitrogen and oxygen atoms in total. The molecular formula is C8H5ClN4. The minimum absolute atomic E-state index is 0.267. The minimum atomic E-state index is 0.267. The van der Waals surface area contributed by atoms with Crippen LogP contribution in [0.15, 0.2) is 12.4 Å². The van der Waals surface area contributed by atoms with Crippen molar-refractivity contribution in [2.75, 3.05) is 0 Å². The van der Waals surface area contributed by atoms with Gasteiger partial charge in [-0.15, -0.1) is 0 Å². The first-order valence-corrected chi connectivity index (χ1v) is 3.98. The van der Waals surface area contributed by atoms with Crippen molar-refractivity contribution >= 4 is 22.6 Å². The summed E-state index contributed by atoms with van der Waals surface area (Å²) in [7, 11) is 1.84. The molecule has 0 aliphatic carbocycles. The number of fused-ring (bicyclic) bond motifs is 1. The second-order valence-electron chi connectivity index (χ2n) is 2.63. The largest absolute Gasteiger partial charge is 0.334 e. The number of aryl methyl sites for hydroxylation is 1. The standard InChI is InChI=1S/C8H5ClN4/c1-13-4-11-8-5(3-10)12-7(9)2-6(8)13/h2,4H,1H3. The summed E-state index contributed by atoms with van der Waals surface area (Å²) in [4.78, 5) is 7.91. The fourth-order valence-corrected chi connectivity index (χ4v) is 1.36. The summed E-state index contributed by atoms with van der Waals surface area (Å²) in [6.45, 7) is 0. The second kappa shape index (κ2) is 2.71. The summed E-state index contributed by atoms with van der Waals surface area (Å²) in [6, 6.07) is 3.64. The topological polar surface area (TPSA) is 54.5 Å². The van der Waals surface area contributed by atoms with Gasteiger partial charge in [0, 0.05) is 13.1 Å². The van der Waals surface area contributed by atoms with Crippen LogP contribution in [0.4, 0.5) is 0 Å². The molecule has 2 heterocycles. The highest BCUT2D eigenvalue weighted by molar-refractivity contribution is 6.30. The molecule has 0 fully saturated rings. The van der Waals surface area contributed by atoms with Crippen LogP contribution in [0.1, 0.15) is 5.69 Å². The molecule has 0 atom stereocenters. The maximum atomic E-state index is 8.75. The van der Waals surface area contributed by atoms with E-state index in [1.54, 1.807) is 17.0 Å². The Bertz CT molecular complexity index is 509. The first-order valence-electron chi connectivity index (χ1n) is 3.60.